The Morgan fingerprint density at radius 1 is 0.889 bits per heavy atom. The third kappa shape index (κ3) is 4.18. The van der Waals surface area contributed by atoms with E-state index in [1.54, 1.807) is 11.3 Å². The van der Waals surface area contributed by atoms with Crippen LogP contribution >= 0.6 is 11.3 Å². The molecule has 3 heterocycles. The maximum absolute atomic E-state index is 13.9. The van der Waals surface area contributed by atoms with Crippen LogP contribution in [0.5, 0.6) is 0 Å². The van der Waals surface area contributed by atoms with E-state index in [9.17, 15) is 9.59 Å². The third-order valence-corrected chi connectivity index (χ3v) is 8.54. The van der Waals surface area contributed by atoms with Crippen LogP contribution < -0.4 is 5.32 Å². The number of benzene rings is 3. The van der Waals surface area contributed by atoms with E-state index in [0.29, 0.717) is 19.0 Å². The Hall–Kier alpha value is -3.55. The zero-order chi connectivity index (χ0) is 24.5. The molecule has 36 heavy (non-hydrogen) atoms. The van der Waals surface area contributed by atoms with E-state index in [0.717, 1.165) is 42.6 Å². The monoisotopic (exact) mass is 496 g/mol. The van der Waals surface area contributed by atoms with E-state index in [1.165, 1.54) is 14.6 Å². The first kappa shape index (κ1) is 22.9. The van der Waals surface area contributed by atoms with Gasteiger partial charge in [-0.3, -0.25) is 9.69 Å². The normalized spacial score (nSPS) is 21.3. The van der Waals surface area contributed by atoms with Gasteiger partial charge >= 0.3 is 6.03 Å². The van der Waals surface area contributed by atoms with Crippen LogP contribution in [0, 0.1) is 0 Å². The van der Waals surface area contributed by atoms with E-state index in [4.69, 9.17) is 4.98 Å². The summed E-state index contributed by atoms with van der Waals surface area (Å²) in [6.45, 7) is 1.96. The molecular weight excluding hydrogens is 468 g/mol. The van der Waals surface area contributed by atoms with Gasteiger partial charge in [-0.15, -0.1) is 11.3 Å². The van der Waals surface area contributed by atoms with Gasteiger partial charge in [-0.1, -0.05) is 72.8 Å². The molecule has 0 aliphatic carbocycles. The predicted octanol–water partition coefficient (Wildman–Crippen LogP) is 5.12. The molecule has 0 bridgehead atoms. The molecule has 1 N–H and O–H groups in total. The van der Waals surface area contributed by atoms with Crippen LogP contribution in [0.15, 0.2) is 84.9 Å². The molecule has 0 saturated carbocycles. The Kier molecular flexibility index (Phi) is 6.03. The highest BCUT2D eigenvalue weighted by Gasteiger charge is 2.52. The number of nitrogens with one attached hydrogen (secondary N) is 1. The zero-order valence-electron chi connectivity index (χ0n) is 20.0. The molecule has 6 nitrogen and oxygen atoms in total. The molecule has 2 fully saturated rings. The number of amides is 3. The second-order valence-corrected chi connectivity index (χ2v) is 10.7. The summed E-state index contributed by atoms with van der Waals surface area (Å²) in [5, 5.41) is 4.27. The number of fused-ring (bicyclic) bond motifs is 1. The molecule has 1 unspecified atom stereocenters. The number of nitrogens with zero attached hydrogens (tertiary/aromatic N) is 3. The van der Waals surface area contributed by atoms with E-state index < -0.39 is 5.54 Å². The van der Waals surface area contributed by atoms with Gasteiger partial charge in [-0.25, -0.2) is 14.7 Å². The third-order valence-electron chi connectivity index (χ3n) is 7.34. The van der Waals surface area contributed by atoms with Crippen LogP contribution in [0.1, 0.15) is 34.9 Å². The number of carbonyl (C=O) groups is 2. The molecular formula is C29H28N4O2S. The minimum Gasteiger partial charge on any atom is -0.319 e. The van der Waals surface area contributed by atoms with Crippen molar-refractivity contribution in [1.29, 1.82) is 0 Å². The summed E-state index contributed by atoms with van der Waals surface area (Å²) in [5.74, 6) is 0.235. The summed E-state index contributed by atoms with van der Waals surface area (Å²) in [6, 6.07) is 27.4. The maximum atomic E-state index is 13.9. The number of hydrogen-bond acceptors (Lipinski definition) is 5. The Bertz CT molecular complexity index is 1350. The molecule has 2 saturated heterocycles. The fraction of sp³-hybridized carbons (Fsp3) is 0.276. The van der Waals surface area contributed by atoms with Crippen molar-refractivity contribution >= 4 is 33.5 Å². The van der Waals surface area contributed by atoms with Crippen LogP contribution in [-0.2, 0) is 16.8 Å². The van der Waals surface area contributed by atoms with Gasteiger partial charge in [-0.05, 0) is 36.1 Å². The molecule has 1 atom stereocenters. The SMILES string of the molecule is O=C1NC(Cc2ccccc2)(c2ccccc2)C(=O)N1CN1CCC(c2nc3ccccc3s2)CC1. The number of likely N-dealkylation sites (tertiary alicyclic amines) is 1. The van der Waals surface area contributed by atoms with Gasteiger partial charge in [0.2, 0.25) is 0 Å². The summed E-state index contributed by atoms with van der Waals surface area (Å²) in [6.07, 6.45) is 2.35. The van der Waals surface area contributed by atoms with E-state index in [-0.39, 0.29) is 11.9 Å². The van der Waals surface area contributed by atoms with Gasteiger partial charge in [-0.2, -0.15) is 0 Å². The Balaban J connectivity index is 1.18. The second-order valence-electron chi connectivity index (χ2n) is 9.65. The first-order chi connectivity index (χ1) is 17.6. The summed E-state index contributed by atoms with van der Waals surface area (Å²) in [4.78, 5) is 35.6. The molecule has 7 heteroatoms. The van der Waals surface area contributed by atoms with Crippen molar-refractivity contribution in [1.82, 2.24) is 20.1 Å². The van der Waals surface area contributed by atoms with Crippen molar-refractivity contribution in [3.05, 3.63) is 101 Å². The first-order valence-electron chi connectivity index (χ1n) is 12.4. The smallest absolute Gasteiger partial charge is 0.319 e. The molecule has 2 aliphatic rings. The minimum absolute atomic E-state index is 0.184. The lowest BCUT2D eigenvalue weighted by atomic mass is 9.83. The van der Waals surface area contributed by atoms with Crippen LogP contribution in [0.3, 0.4) is 0 Å². The fourth-order valence-electron chi connectivity index (χ4n) is 5.38. The Morgan fingerprint density at radius 3 is 2.28 bits per heavy atom. The molecule has 3 amide bonds. The standard InChI is InChI=1S/C29H28N4O2S/c34-27-29(23-11-5-2-6-12-23,19-21-9-3-1-4-10-21)31-28(35)33(27)20-32-17-15-22(16-18-32)26-30-24-13-7-8-14-25(24)36-26/h1-14,22H,15-20H2,(H,31,35). The summed E-state index contributed by atoms with van der Waals surface area (Å²) < 4.78 is 1.23. The Morgan fingerprint density at radius 2 is 1.56 bits per heavy atom. The highest BCUT2D eigenvalue weighted by atomic mass is 32.1. The van der Waals surface area contributed by atoms with Gasteiger partial charge < -0.3 is 5.32 Å². The summed E-state index contributed by atoms with van der Waals surface area (Å²) in [5.41, 5.74) is 1.78. The molecule has 182 valence electrons. The molecule has 3 aromatic carbocycles. The molecule has 0 radical (unpaired) electrons. The second kappa shape index (κ2) is 9.48. The zero-order valence-corrected chi connectivity index (χ0v) is 20.8. The highest BCUT2D eigenvalue weighted by Crippen LogP contribution is 2.36. The Labute approximate surface area is 214 Å². The minimum atomic E-state index is -1.10. The number of carbonyl (C=O) groups excluding carboxylic acids is 2. The van der Waals surface area contributed by atoms with Gasteiger partial charge in [0.05, 0.1) is 21.9 Å². The van der Waals surface area contributed by atoms with Crippen LogP contribution in [0.2, 0.25) is 0 Å². The first-order valence-corrected chi connectivity index (χ1v) is 13.3. The number of imide groups is 1. The number of hydrogen-bond donors (Lipinski definition) is 1. The quantitative estimate of drug-likeness (QED) is 0.376. The van der Waals surface area contributed by atoms with Gasteiger partial charge in [0, 0.05) is 25.4 Å². The van der Waals surface area contributed by atoms with Crippen LogP contribution in [0.4, 0.5) is 4.79 Å². The molecule has 1 aromatic heterocycles. The number of piperidine rings is 1. The van der Waals surface area contributed by atoms with Gasteiger partial charge in [0.15, 0.2) is 5.54 Å². The van der Waals surface area contributed by atoms with Crippen molar-refractivity contribution in [2.24, 2.45) is 0 Å². The number of aromatic nitrogens is 1. The number of rotatable bonds is 6. The number of para-hydroxylation sites is 1. The average molecular weight is 497 g/mol. The maximum Gasteiger partial charge on any atom is 0.326 e. The van der Waals surface area contributed by atoms with Gasteiger partial charge in [0.25, 0.3) is 5.91 Å². The summed E-state index contributed by atoms with van der Waals surface area (Å²) in [7, 11) is 0. The predicted molar refractivity (Wildman–Crippen MR) is 142 cm³/mol. The summed E-state index contributed by atoms with van der Waals surface area (Å²) >= 11 is 1.78. The van der Waals surface area contributed by atoms with E-state index in [1.807, 2.05) is 66.7 Å². The lowest BCUT2D eigenvalue weighted by Crippen LogP contribution is -2.48. The van der Waals surface area contributed by atoms with E-state index in [2.05, 4.69) is 28.4 Å². The van der Waals surface area contributed by atoms with Crippen molar-refractivity contribution in [3.63, 3.8) is 0 Å². The molecule has 0 spiro atoms. The average Bonchev–Trinajstić information content (AvgIpc) is 3.46. The topological polar surface area (TPSA) is 65.5 Å². The lowest BCUT2D eigenvalue weighted by Gasteiger charge is -2.33. The van der Waals surface area contributed by atoms with Crippen molar-refractivity contribution in [3.8, 4) is 0 Å². The fourth-order valence-corrected chi connectivity index (χ4v) is 6.52. The van der Waals surface area contributed by atoms with Crippen LogP contribution in [-0.4, -0.2) is 46.5 Å². The van der Waals surface area contributed by atoms with Crippen molar-refractivity contribution < 1.29 is 9.59 Å². The molecule has 4 aromatic rings. The molecule has 2 aliphatic heterocycles. The highest BCUT2D eigenvalue weighted by molar-refractivity contribution is 7.18. The number of urea groups is 1. The largest absolute Gasteiger partial charge is 0.326 e. The van der Waals surface area contributed by atoms with E-state index >= 15 is 0 Å². The lowest BCUT2D eigenvalue weighted by molar-refractivity contribution is -0.133. The van der Waals surface area contributed by atoms with Crippen molar-refractivity contribution in [2.75, 3.05) is 19.8 Å². The van der Waals surface area contributed by atoms with Gasteiger partial charge in [0.1, 0.15) is 0 Å². The molecule has 6 rings (SSSR count). The number of thiazole rings is 1. The van der Waals surface area contributed by atoms with Crippen LogP contribution in [0.25, 0.3) is 10.2 Å². The van der Waals surface area contributed by atoms with Crippen molar-refractivity contribution in [2.45, 2.75) is 30.7 Å².